The van der Waals surface area contributed by atoms with Crippen molar-refractivity contribution in [2.45, 2.75) is 25.4 Å². The number of benzene rings is 1. The standard InChI is InChI=1S/C14H16INO3/c15-9-1-2-10(13(18)19)11(7-9)16-6-5-14(3-4-14)12(17)8-16/h1-2,7,12,17H,3-6,8H2,(H,18,19). The van der Waals surface area contributed by atoms with E-state index in [-0.39, 0.29) is 11.5 Å². The highest BCUT2D eigenvalue weighted by atomic mass is 127. The van der Waals surface area contributed by atoms with Crippen LogP contribution in [0, 0.1) is 8.99 Å². The van der Waals surface area contributed by atoms with Crippen molar-refractivity contribution in [1.82, 2.24) is 0 Å². The minimum atomic E-state index is -0.910. The molecule has 2 aliphatic rings. The van der Waals surface area contributed by atoms with Crippen molar-refractivity contribution in [2.75, 3.05) is 18.0 Å². The average molecular weight is 373 g/mol. The van der Waals surface area contributed by atoms with E-state index >= 15 is 0 Å². The fourth-order valence-corrected chi connectivity index (χ4v) is 3.40. The van der Waals surface area contributed by atoms with E-state index in [0.717, 1.165) is 35.1 Å². The van der Waals surface area contributed by atoms with Crippen LogP contribution in [0.25, 0.3) is 0 Å². The summed E-state index contributed by atoms with van der Waals surface area (Å²) >= 11 is 2.18. The molecule has 0 aromatic heterocycles. The first-order chi connectivity index (χ1) is 9.02. The summed E-state index contributed by atoms with van der Waals surface area (Å²) in [4.78, 5) is 13.3. The molecule has 2 fully saturated rings. The average Bonchev–Trinajstić information content (AvgIpc) is 3.13. The number of nitrogens with zero attached hydrogens (tertiary/aromatic N) is 1. The fourth-order valence-electron chi connectivity index (χ4n) is 2.93. The predicted molar refractivity (Wildman–Crippen MR) is 80.6 cm³/mol. The van der Waals surface area contributed by atoms with Crippen molar-refractivity contribution in [3.63, 3.8) is 0 Å². The van der Waals surface area contributed by atoms with E-state index in [1.807, 2.05) is 11.0 Å². The number of β-amino-alcohol motifs (C(OH)–C–C–N with tert-alkyl or cyclic N) is 1. The van der Waals surface area contributed by atoms with Crippen molar-refractivity contribution in [2.24, 2.45) is 5.41 Å². The van der Waals surface area contributed by atoms with E-state index in [2.05, 4.69) is 22.6 Å². The summed E-state index contributed by atoms with van der Waals surface area (Å²) < 4.78 is 1.01. The van der Waals surface area contributed by atoms with Gasteiger partial charge in [0.25, 0.3) is 0 Å². The molecule has 1 aliphatic heterocycles. The summed E-state index contributed by atoms with van der Waals surface area (Å²) in [7, 11) is 0. The normalized spacial score (nSPS) is 24.5. The highest BCUT2D eigenvalue weighted by Crippen LogP contribution is 2.54. The van der Waals surface area contributed by atoms with Crippen molar-refractivity contribution in [1.29, 1.82) is 0 Å². The molecule has 5 heteroatoms. The molecule has 1 aromatic rings. The summed E-state index contributed by atoms with van der Waals surface area (Å²) in [6.45, 7) is 1.37. The van der Waals surface area contributed by atoms with Crippen LogP contribution in [0.3, 0.4) is 0 Å². The van der Waals surface area contributed by atoms with Crippen LogP contribution in [-0.4, -0.2) is 35.4 Å². The number of rotatable bonds is 2. The Morgan fingerprint density at radius 1 is 1.37 bits per heavy atom. The second-order valence-electron chi connectivity index (χ2n) is 5.54. The number of hydrogen-bond donors (Lipinski definition) is 2. The van der Waals surface area contributed by atoms with Crippen LogP contribution in [0.2, 0.25) is 0 Å². The van der Waals surface area contributed by atoms with E-state index in [1.54, 1.807) is 12.1 Å². The molecule has 1 atom stereocenters. The Morgan fingerprint density at radius 2 is 2.11 bits per heavy atom. The van der Waals surface area contributed by atoms with Crippen LogP contribution < -0.4 is 4.90 Å². The van der Waals surface area contributed by atoms with Gasteiger partial charge in [-0.05, 0) is 65.5 Å². The number of aliphatic hydroxyl groups excluding tert-OH is 1. The molecule has 0 bridgehead atoms. The van der Waals surface area contributed by atoms with E-state index in [1.165, 1.54) is 0 Å². The van der Waals surface area contributed by atoms with E-state index in [0.29, 0.717) is 12.1 Å². The first-order valence-electron chi connectivity index (χ1n) is 6.48. The van der Waals surface area contributed by atoms with Crippen molar-refractivity contribution in [3.8, 4) is 0 Å². The van der Waals surface area contributed by atoms with Gasteiger partial charge >= 0.3 is 5.97 Å². The molecule has 0 amide bonds. The first kappa shape index (κ1) is 13.2. The lowest BCUT2D eigenvalue weighted by molar-refractivity contribution is 0.0690. The maximum Gasteiger partial charge on any atom is 0.337 e. The number of aliphatic hydroxyl groups is 1. The molecule has 19 heavy (non-hydrogen) atoms. The minimum Gasteiger partial charge on any atom is -0.478 e. The third-order valence-electron chi connectivity index (χ3n) is 4.40. The molecule has 4 nitrogen and oxygen atoms in total. The maximum absolute atomic E-state index is 11.3. The molecule has 1 aromatic carbocycles. The largest absolute Gasteiger partial charge is 0.478 e. The molecule has 0 radical (unpaired) electrons. The van der Waals surface area contributed by atoms with Crippen LogP contribution >= 0.6 is 22.6 Å². The van der Waals surface area contributed by atoms with Crippen molar-refractivity contribution < 1.29 is 15.0 Å². The second-order valence-corrected chi connectivity index (χ2v) is 6.79. The molecule has 3 rings (SSSR count). The fraction of sp³-hybridized carbons (Fsp3) is 0.500. The summed E-state index contributed by atoms with van der Waals surface area (Å²) in [6, 6.07) is 5.34. The van der Waals surface area contributed by atoms with Crippen LogP contribution in [-0.2, 0) is 0 Å². The Balaban J connectivity index is 1.89. The third kappa shape index (κ3) is 2.33. The Labute approximate surface area is 125 Å². The number of hydrogen-bond acceptors (Lipinski definition) is 3. The van der Waals surface area contributed by atoms with Gasteiger partial charge < -0.3 is 15.1 Å². The van der Waals surface area contributed by atoms with Gasteiger partial charge in [-0.3, -0.25) is 0 Å². The van der Waals surface area contributed by atoms with Gasteiger partial charge in [-0.1, -0.05) is 0 Å². The third-order valence-corrected chi connectivity index (χ3v) is 5.07. The van der Waals surface area contributed by atoms with Crippen LogP contribution in [0.15, 0.2) is 18.2 Å². The second kappa shape index (κ2) is 4.63. The number of carboxylic acids is 1. The number of halogens is 1. The van der Waals surface area contributed by atoms with Crippen molar-refractivity contribution in [3.05, 3.63) is 27.3 Å². The lowest BCUT2D eigenvalue weighted by Crippen LogP contribution is -2.45. The van der Waals surface area contributed by atoms with Crippen LogP contribution in [0.1, 0.15) is 29.6 Å². The zero-order valence-corrected chi connectivity index (χ0v) is 12.6. The zero-order chi connectivity index (χ0) is 13.6. The summed E-state index contributed by atoms with van der Waals surface area (Å²) in [5, 5.41) is 19.5. The number of carboxylic acid groups (broad SMARTS) is 1. The Morgan fingerprint density at radius 3 is 2.68 bits per heavy atom. The molecule has 2 N–H and O–H groups in total. The van der Waals surface area contributed by atoms with Gasteiger partial charge in [-0.2, -0.15) is 0 Å². The summed E-state index contributed by atoms with van der Waals surface area (Å²) in [5.41, 5.74) is 1.19. The monoisotopic (exact) mass is 373 g/mol. The number of piperidine rings is 1. The molecule has 1 unspecified atom stereocenters. The van der Waals surface area contributed by atoms with Crippen LogP contribution in [0.4, 0.5) is 5.69 Å². The number of aromatic carboxylic acids is 1. The highest BCUT2D eigenvalue weighted by molar-refractivity contribution is 14.1. The quantitative estimate of drug-likeness (QED) is 0.782. The zero-order valence-electron chi connectivity index (χ0n) is 10.5. The molecule has 102 valence electrons. The Kier molecular flexibility index (Phi) is 3.21. The van der Waals surface area contributed by atoms with Gasteiger partial charge in [0.2, 0.25) is 0 Å². The SMILES string of the molecule is O=C(O)c1ccc(I)cc1N1CCC2(CC2)C(O)C1. The minimum absolute atomic E-state index is 0.141. The van der Waals surface area contributed by atoms with Crippen LogP contribution in [0.5, 0.6) is 0 Å². The first-order valence-corrected chi connectivity index (χ1v) is 7.56. The molecule has 1 saturated carbocycles. The van der Waals surface area contributed by atoms with Gasteiger partial charge in [0.05, 0.1) is 17.4 Å². The molecule has 1 heterocycles. The van der Waals surface area contributed by atoms with Gasteiger partial charge in [0.15, 0.2) is 0 Å². The smallest absolute Gasteiger partial charge is 0.337 e. The number of carbonyl (C=O) groups is 1. The van der Waals surface area contributed by atoms with Gasteiger partial charge in [0, 0.05) is 16.7 Å². The lowest BCUT2D eigenvalue weighted by Gasteiger charge is -2.38. The maximum atomic E-state index is 11.3. The van der Waals surface area contributed by atoms with E-state index in [9.17, 15) is 15.0 Å². The van der Waals surface area contributed by atoms with Gasteiger partial charge in [0.1, 0.15) is 0 Å². The van der Waals surface area contributed by atoms with Crippen molar-refractivity contribution >= 4 is 34.2 Å². The highest BCUT2D eigenvalue weighted by Gasteiger charge is 2.51. The summed E-state index contributed by atoms with van der Waals surface area (Å²) in [6.07, 6.45) is 2.85. The topological polar surface area (TPSA) is 60.8 Å². The molecule has 1 spiro atoms. The molecule has 1 aliphatic carbocycles. The number of anilines is 1. The molecule has 1 saturated heterocycles. The van der Waals surface area contributed by atoms with Gasteiger partial charge in [-0.25, -0.2) is 4.79 Å². The van der Waals surface area contributed by atoms with Gasteiger partial charge in [-0.15, -0.1) is 0 Å². The molecular weight excluding hydrogens is 357 g/mol. The summed E-state index contributed by atoms with van der Waals surface area (Å²) in [5.74, 6) is -0.910. The van der Waals surface area contributed by atoms with E-state index in [4.69, 9.17) is 0 Å². The Bertz CT molecular complexity index is 527. The lowest BCUT2D eigenvalue weighted by atomic mass is 9.90. The van der Waals surface area contributed by atoms with E-state index < -0.39 is 5.97 Å². The predicted octanol–water partition coefficient (Wildman–Crippen LogP) is 2.34. The Hall–Kier alpha value is -0.820. The molecular formula is C14H16INO3.